The number of nitrogens with one attached hydrogen (secondary N) is 1. The van der Waals surface area contributed by atoms with Gasteiger partial charge in [0.1, 0.15) is 16.6 Å². The van der Waals surface area contributed by atoms with Crippen LogP contribution in [0.2, 0.25) is 0 Å². The number of thiophene rings is 1. The summed E-state index contributed by atoms with van der Waals surface area (Å²) < 4.78 is 7.50. The molecule has 8 nitrogen and oxygen atoms in total. The van der Waals surface area contributed by atoms with Crippen LogP contribution in [0.25, 0.3) is 5.69 Å². The van der Waals surface area contributed by atoms with E-state index in [0.717, 1.165) is 22.8 Å². The quantitative estimate of drug-likeness (QED) is 0.321. The number of primary amides is 1. The maximum absolute atomic E-state index is 12.6. The molecular weight excluding hydrogens is 470 g/mol. The third-order valence-electron chi connectivity index (χ3n) is 4.83. The van der Waals surface area contributed by atoms with Crippen LogP contribution >= 0.6 is 23.1 Å². The van der Waals surface area contributed by atoms with E-state index >= 15 is 0 Å². The molecule has 174 valence electrons. The summed E-state index contributed by atoms with van der Waals surface area (Å²) >= 11 is 2.52. The number of thioether (sulfide) groups is 1. The molecule has 0 atom stereocenters. The molecule has 0 aliphatic rings. The number of nitrogens with two attached hydrogens (primary N) is 1. The lowest BCUT2D eigenvalue weighted by atomic mass is 10.1. The zero-order valence-electron chi connectivity index (χ0n) is 18.4. The molecule has 0 spiro atoms. The van der Waals surface area contributed by atoms with E-state index in [9.17, 15) is 9.59 Å². The van der Waals surface area contributed by atoms with Crippen LogP contribution in [-0.4, -0.2) is 38.9 Å². The highest BCUT2D eigenvalue weighted by atomic mass is 32.2. The number of hydrogen-bond donors (Lipinski definition) is 2. The number of ether oxygens (including phenoxy) is 1. The van der Waals surface area contributed by atoms with Crippen LogP contribution in [0.1, 0.15) is 28.7 Å². The molecular formula is C24H23N5O3S2. The molecule has 10 heteroatoms. The average Bonchev–Trinajstić information content (AvgIpc) is 3.46. The Balaban J connectivity index is 1.55. The van der Waals surface area contributed by atoms with E-state index in [4.69, 9.17) is 10.5 Å². The van der Waals surface area contributed by atoms with Gasteiger partial charge in [-0.2, -0.15) is 0 Å². The molecule has 0 saturated carbocycles. The fourth-order valence-electron chi connectivity index (χ4n) is 3.30. The summed E-state index contributed by atoms with van der Waals surface area (Å²) in [6.07, 6.45) is 0.588. The molecule has 34 heavy (non-hydrogen) atoms. The van der Waals surface area contributed by atoms with Gasteiger partial charge in [0.05, 0.1) is 17.9 Å². The van der Waals surface area contributed by atoms with E-state index in [1.165, 1.54) is 23.1 Å². The smallest absolute Gasteiger partial charge is 0.251 e. The lowest BCUT2D eigenvalue weighted by molar-refractivity contribution is -0.113. The molecule has 0 aliphatic heterocycles. The van der Waals surface area contributed by atoms with Crippen molar-refractivity contribution in [1.29, 1.82) is 0 Å². The molecule has 0 unspecified atom stereocenters. The molecule has 0 bridgehead atoms. The summed E-state index contributed by atoms with van der Waals surface area (Å²) in [5, 5.41) is 14.3. The Morgan fingerprint density at radius 2 is 1.85 bits per heavy atom. The van der Waals surface area contributed by atoms with Crippen molar-refractivity contribution in [3.8, 4) is 11.4 Å². The molecule has 3 N–H and O–H groups in total. The monoisotopic (exact) mass is 493 g/mol. The first-order chi connectivity index (χ1) is 16.5. The van der Waals surface area contributed by atoms with Crippen LogP contribution in [0.4, 0.5) is 5.00 Å². The van der Waals surface area contributed by atoms with Crippen molar-refractivity contribution >= 4 is 39.9 Å². The summed E-state index contributed by atoms with van der Waals surface area (Å²) in [7, 11) is 0. The second kappa shape index (κ2) is 11.0. The Kier molecular flexibility index (Phi) is 7.61. The van der Waals surface area contributed by atoms with Crippen LogP contribution in [0.3, 0.4) is 0 Å². The number of anilines is 1. The average molecular weight is 494 g/mol. The van der Waals surface area contributed by atoms with Gasteiger partial charge in [-0.15, -0.1) is 21.5 Å². The van der Waals surface area contributed by atoms with Crippen molar-refractivity contribution in [2.75, 3.05) is 17.7 Å². The lowest BCUT2D eigenvalue weighted by Crippen LogP contribution is -2.18. The lowest BCUT2D eigenvalue weighted by Gasteiger charge is -2.11. The van der Waals surface area contributed by atoms with Crippen molar-refractivity contribution < 1.29 is 14.3 Å². The predicted molar refractivity (Wildman–Crippen MR) is 134 cm³/mol. The summed E-state index contributed by atoms with van der Waals surface area (Å²) in [6, 6.07) is 19.3. The van der Waals surface area contributed by atoms with Gasteiger partial charge >= 0.3 is 0 Å². The molecule has 4 aromatic rings. The van der Waals surface area contributed by atoms with Gasteiger partial charge in [0.25, 0.3) is 5.91 Å². The van der Waals surface area contributed by atoms with Gasteiger partial charge in [0.15, 0.2) is 5.16 Å². The maximum Gasteiger partial charge on any atom is 0.251 e. The SMILES string of the molecule is CCOc1ccc(-n2c(Cc3ccccc3)nnc2SCC(=O)Nc2sccc2C(N)=O)cc1. The molecule has 0 fully saturated rings. The van der Waals surface area contributed by atoms with Crippen LogP contribution in [0, 0.1) is 0 Å². The number of carbonyl (C=O) groups is 2. The van der Waals surface area contributed by atoms with Crippen molar-refractivity contribution in [2.45, 2.75) is 18.5 Å². The molecule has 4 rings (SSSR count). The van der Waals surface area contributed by atoms with Crippen molar-refractivity contribution in [2.24, 2.45) is 5.73 Å². The minimum Gasteiger partial charge on any atom is -0.494 e. The van der Waals surface area contributed by atoms with Gasteiger partial charge < -0.3 is 15.8 Å². The fraction of sp³-hybridized carbons (Fsp3) is 0.167. The van der Waals surface area contributed by atoms with Crippen LogP contribution < -0.4 is 15.8 Å². The van der Waals surface area contributed by atoms with E-state index in [0.29, 0.717) is 28.7 Å². The first kappa shape index (κ1) is 23.5. The molecule has 2 heterocycles. The molecule has 0 aliphatic carbocycles. The molecule has 2 aromatic heterocycles. The Hall–Kier alpha value is -3.63. The van der Waals surface area contributed by atoms with Gasteiger partial charge in [0.2, 0.25) is 5.91 Å². The maximum atomic E-state index is 12.6. The Morgan fingerprint density at radius 3 is 2.56 bits per heavy atom. The van der Waals surface area contributed by atoms with E-state index in [2.05, 4.69) is 15.5 Å². The van der Waals surface area contributed by atoms with Crippen molar-refractivity contribution in [1.82, 2.24) is 14.8 Å². The largest absolute Gasteiger partial charge is 0.494 e. The van der Waals surface area contributed by atoms with E-state index in [1.54, 1.807) is 11.4 Å². The Bertz CT molecular complexity index is 1270. The second-order valence-corrected chi connectivity index (χ2v) is 9.05. The fourth-order valence-corrected chi connectivity index (χ4v) is 4.88. The molecule has 2 aromatic carbocycles. The number of carbonyl (C=O) groups excluding carboxylic acids is 2. The number of hydrogen-bond acceptors (Lipinski definition) is 7. The Morgan fingerprint density at radius 1 is 1.09 bits per heavy atom. The number of aromatic nitrogens is 3. The van der Waals surface area contributed by atoms with Gasteiger partial charge in [0, 0.05) is 12.1 Å². The first-order valence-electron chi connectivity index (χ1n) is 10.6. The topological polar surface area (TPSA) is 112 Å². The third kappa shape index (κ3) is 5.64. The van der Waals surface area contributed by atoms with Gasteiger partial charge in [-0.25, -0.2) is 0 Å². The van der Waals surface area contributed by atoms with Crippen LogP contribution in [0.15, 0.2) is 71.2 Å². The van der Waals surface area contributed by atoms with Crippen molar-refractivity contribution in [3.05, 3.63) is 83.0 Å². The second-order valence-electron chi connectivity index (χ2n) is 7.19. The normalized spacial score (nSPS) is 10.7. The highest BCUT2D eigenvalue weighted by Gasteiger charge is 2.18. The summed E-state index contributed by atoms with van der Waals surface area (Å²) in [6.45, 7) is 2.52. The molecule has 0 saturated heterocycles. The third-order valence-corrected chi connectivity index (χ3v) is 6.59. The highest BCUT2D eigenvalue weighted by Crippen LogP contribution is 2.27. The van der Waals surface area contributed by atoms with Crippen molar-refractivity contribution in [3.63, 3.8) is 0 Å². The van der Waals surface area contributed by atoms with Crippen LogP contribution in [0.5, 0.6) is 5.75 Å². The zero-order valence-corrected chi connectivity index (χ0v) is 20.1. The minimum absolute atomic E-state index is 0.0939. The van der Waals surface area contributed by atoms with E-state index in [-0.39, 0.29) is 11.7 Å². The van der Waals surface area contributed by atoms with Gasteiger partial charge in [-0.05, 0) is 48.2 Å². The summed E-state index contributed by atoms with van der Waals surface area (Å²) in [5.74, 6) is 0.786. The van der Waals surface area contributed by atoms with Gasteiger partial charge in [-0.1, -0.05) is 42.1 Å². The van der Waals surface area contributed by atoms with Crippen LogP contribution in [-0.2, 0) is 11.2 Å². The van der Waals surface area contributed by atoms with E-state index < -0.39 is 5.91 Å². The number of amides is 2. The minimum atomic E-state index is -0.579. The number of rotatable bonds is 10. The molecule has 0 radical (unpaired) electrons. The zero-order chi connectivity index (χ0) is 23.9. The highest BCUT2D eigenvalue weighted by molar-refractivity contribution is 7.99. The summed E-state index contributed by atoms with van der Waals surface area (Å²) in [5.41, 5.74) is 7.63. The van der Waals surface area contributed by atoms with E-state index in [1.807, 2.05) is 66.1 Å². The standard InChI is InChI=1S/C24H23N5O3S2/c1-2-32-18-10-8-17(9-11-18)29-20(14-16-6-4-3-5-7-16)27-28-24(29)34-15-21(30)26-23-19(22(25)31)12-13-33-23/h3-13H,2,14-15H2,1H3,(H2,25,31)(H,26,30). The number of benzene rings is 2. The Labute approximate surface area is 205 Å². The first-order valence-corrected chi connectivity index (χ1v) is 12.4. The number of nitrogens with zero attached hydrogens (tertiary/aromatic N) is 3. The molecule has 2 amide bonds. The van der Waals surface area contributed by atoms with Gasteiger partial charge in [-0.3, -0.25) is 14.2 Å². The summed E-state index contributed by atoms with van der Waals surface area (Å²) in [4.78, 5) is 24.1. The predicted octanol–water partition coefficient (Wildman–Crippen LogP) is 4.15.